The molecule has 1 aromatic heterocycles. The van der Waals surface area contributed by atoms with Crippen LogP contribution in [0.4, 0.5) is 0 Å². The van der Waals surface area contributed by atoms with Crippen LogP contribution in [0.5, 0.6) is 0 Å². The van der Waals surface area contributed by atoms with Crippen molar-refractivity contribution in [1.29, 1.82) is 0 Å². The van der Waals surface area contributed by atoms with Crippen LogP contribution in [0.3, 0.4) is 0 Å². The molecule has 8 heteroatoms. The molecule has 2 fully saturated rings. The molecule has 2 aliphatic heterocycles. The summed E-state index contributed by atoms with van der Waals surface area (Å²) in [6.07, 6.45) is 4.55. The van der Waals surface area contributed by atoms with Crippen LogP contribution in [0.25, 0.3) is 0 Å². The van der Waals surface area contributed by atoms with E-state index in [0.717, 1.165) is 24.5 Å². The molecule has 23 heavy (non-hydrogen) atoms. The zero-order valence-corrected chi connectivity index (χ0v) is 15.9. The molecule has 2 saturated heterocycles. The van der Waals surface area contributed by atoms with Gasteiger partial charge in [-0.3, -0.25) is 9.69 Å². The SMILES string of the molecule is CC1CN2CCCCC2CN1C(=O)c1csc(CCN)n1.Cl.Cl. The first kappa shape index (κ1) is 20.6. The number of amides is 1. The Morgan fingerprint density at radius 2 is 2.17 bits per heavy atom. The van der Waals surface area contributed by atoms with Crippen LogP contribution in [0.2, 0.25) is 0 Å². The molecule has 2 atom stereocenters. The summed E-state index contributed by atoms with van der Waals surface area (Å²) in [6.45, 7) is 5.77. The predicted octanol–water partition coefficient (Wildman–Crippen LogP) is 2.19. The first-order valence-electron chi connectivity index (χ1n) is 7.88. The normalized spacial score (nSPS) is 24.3. The number of rotatable bonds is 3. The van der Waals surface area contributed by atoms with E-state index < -0.39 is 0 Å². The van der Waals surface area contributed by atoms with E-state index in [0.29, 0.717) is 18.3 Å². The molecule has 0 aromatic carbocycles. The lowest BCUT2D eigenvalue weighted by atomic mass is 9.97. The lowest BCUT2D eigenvalue weighted by molar-refractivity contribution is 0.0148. The third-order valence-corrected chi connectivity index (χ3v) is 5.49. The molecule has 3 rings (SSSR count). The number of hydrogen-bond acceptors (Lipinski definition) is 5. The molecule has 0 aliphatic carbocycles. The molecule has 0 saturated carbocycles. The number of piperazine rings is 1. The zero-order chi connectivity index (χ0) is 14.8. The molecule has 1 aromatic rings. The Balaban J connectivity index is 0.00000132. The number of nitrogens with two attached hydrogens (primary N) is 1. The lowest BCUT2D eigenvalue weighted by Gasteiger charge is -2.47. The summed E-state index contributed by atoms with van der Waals surface area (Å²) in [7, 11) is 0. The summed E-state index contributed by atoms with van der Waals surface area (Å²) in [6, 6.07) is 0.813. The first-order chi connectivity index (χ1) is 10.2. The first-order valence-corrected chi connectivity index (χ1v) is 8.76. The van der Waals surface area contributed by atoms with Crippen molar-refractivity contribution in [3.8, 4) is 0 Å². The second-order valence-electron chi connectivity index (χ2n) is 6.12. The average Bonchev–Trinajstić information content (AvgIpc) is 2.95. The number of carbonyl (C=O) groups excluding carboxylic acids is 1. The fourth-order valence-electron chi connectivity index (χ4n) is 3.43. The zero-order valence-electron chi connectivity index (χ0n) is 13.4. The second-order valence-corrected chi connectivity index (χ2v) is 7.06. The van der Waals surface area contributed by atoms with Gasteiger partial charge in [-0.25, -0.2) is 4.98 Å². The topological polar surface area (TPSA) is 62.5 Å². The van der Waals surface area contributed by atoms with Crippen molar-refractivity contribution in [1.82, 2.24) is 14.8 Å². The smallest absolute Gasteiger partial charge is 0.273 e. The van der Waals surface area contributed by atoms with Gasteiger partial charge >= 0.3 is 0 Å². The summed E-state index contributed by atoms with van der Waals surface area (Å²) in [5.41, 5.74) is 6.15. The number of carbonyl (C=O) groups is 1. The van der Waals surface area contributed by atoms with E-state index in [9.17, 15) is 4.79 Å². The molecule has 2 aliphatic rings. The number of halogens is 2. The molecule has 0 bridgehead atoms. The molecule has 0 radical (unpaired) electrons. The fraction of sp³-hybridized carbons (Fsp3) is 0.733. The summed E-state index contributed by atoms with van der Waals surface area (Å²) < 4.78 is 0. The van der Waals surface area contributed by atoms with Crippen molar-refractivity contribution in [2.75, 3.05) is 26.2 Å². The van der Waals surface area contributed by atoms with E-state index in [1.54, 1.807) is 11.3 Å². The highest BCUT2D eigenvalue weighted by Gasteiger charge is 2.36. The Hall–Kier alpha value is -0.400. The molecule has 5 nitrogen and oxygen atoms in total. The van der Waals surface area contributed by atoms with Gasteiger partial charge in [0.15, 0.2) is 0 Å². The van der Waals surface area contributed by atoms with Crippen molar-refractivity contribution in [3.05, 3.63) is 16.1 Å². The van der Waals surface area contributed by atoms with Gasteiger partial charge in [0.1, 0.15) is 5.69 Å². The number of fused-ring (bicyclic) bond motifs is 1. The van der Waals surface area contributed by atoms with Gasteiger partial charge < -0.3 is 10.6 Å². The highest BCUT2D eigenvalue weighted by molar-refractivity contribution is 7.09. The Morgan fingerprint density at radius 3 is 2.91 bits per heavy atom. The second kappa shape index (κ2) is 9.18. The van der Waals surface area contributed by atoms with Crippen LogP contribution in [0.1, 0.15) is 41.7 Å². The summed E-state index contributed by atoms with van der Waals surface area (Å²) in [5.74, 6) is 0.0900. The maximum Gasteiger partial charge on any atom is 0.273 e. The van der Waals surface area contributed by atoms with Crippen LogP contribution in [-0.4, -0.2) is 59.0 Å². The van der Waals surface area contributed by atoms with Crippen LogP contribution >= 0.6 is 36.2 Å². The Kier molecular flexibility index (Phi) is 8.24. The van der Waals surface area contributed by atoms with Gasteiger partial charge in [0.25, 0.3) is 5.91 Å². The van der Waals surface area contributed by atoms with Crippen LogP contribution in [0, 0.1) is 0 Å². The maximum atomic E-state index is 12.7. The molecular formula is C15H26Cl2N4OS. The molecule has 1 amide bonds. The monoisotopic (exact) mass is 380 g/mol. The van der Waals surface area contributed by atoms with Crippen molar-refractivity contribution in [2.24, 2.45) is 5.73 Å². The molecule has 0 spiro atoms. The number of hydrogen-bond donors (Lipinski definition) is 1. The van der Waals surface area contributed by atoms with Gasteiger partial charge in [0.2, 0.25) is 0 Å². The van der Waals surface area contributed by atoms with Crippen molar-refractivity contribution >= 4 is 42.1 Å². The van der Waals surface area contributed by atoms with E-state index in [-0.39, 0.29) is 36.8 Å². The van der Waals surface area contributed by atoms with Crippen molar-refractivity contribution in [2.45, 2.75) is 44.7 Å². The number of thiazole rings is 1. The highest BCUT2D eigenvalue weighted by Crippen LogP contribution is 2.25. The number of aromatic nitrogens is 1. The highest BCUT2D eigenvalue weighted by atomic mass is 35.5. The number of nitrogens with zero attached hydrogens (tertiary/aromatic N) is 3. The van der Waals surface area contributed by atoms with E-state index in [4.69, 9.17) is 5.73 Å². The Bertz CT molecular complexity index is 513. The summed E-state index contributed by atoms with van der Waals surface area (Å²) >= 11 is 1.54. The van der Waals surface area contributed by atoms with E-state index in [2.05, 4.69) is 16.8 Å². The minimum atomic E-state index is 0. The quantitative estimate of drug-likeness (QED) is 0.872. The van der Waals surface area contributed by atoms with Gasteiger partial charge in [-0.05, 0) is 32.9 Å². The van der Waals surface area contributed by atoms with Crippen LogP contribution < -0.4 is 5.73 Å². The fourth-order valence-corrected chi connectivity index (χ4v) is 4.22. The van der Waals surface area contributed by atoms with E-state index in [1.165, 1.54) is 25.8 Å². The Labute approximate surface area is 154 Å². The number of piperidine rings is 1. The average molecular weight is 381 g/mol. The summed E-state index contributed by atoms with van der Waals surface area (Å²) in [5, 5.41) is 2.85. The van der Waals surface area contributed by atoms with Gasteiger partial charge in [0, 0.05) is 37.0 Å². The molecule has 2 N–H and O–H groups in total. The van der Waals surface area contributed by atoms with Crippen molar-refractivity contribution in [3.63, 3.8) is 0 Å². The minimum absolute atomic E-state index is 0. The third kappa shape index (κ3) is 4.57. The van der Waals surface area contributed by atoms with Crippen molar-refractivity contribution < 1.29 is 4.79 Å². The molecule has 132 valence electrons. The summed E-state index contributed by atoms with van der Waals surface area (Å²) in [4.78, 5) is 21.7. The minimum Gasteiger partial charge on any atom is -0.332 e. The van der Waals surface area contributed by atoms with E-state index in [1.807, 2.05) is 10.3 Å². The largest absolute Gasteiger partial charge is 0.332 e. The van der Waals surface area contributed by atoms with Gasteiger partial charge in [-0.2, -0.15) is 0 Å². The van der Waals surface area contributed by atoms with Gasteiger partial charge in [-0.15, -0.1) is 36.2 Å². The molecular weight excluding hydrogens is 355 g/mol. The standard InChI is InChI=1S/C15H24N4OS.2ClH/c1-11-8-18-7-3-2-4-12(18)9-19(11)15(20)13-10-21-14(17-13)5-6-16;;/h10-12H,2-9,16H2,1H3;2*1H. The molecule has 3 heterocycles. The Morgan fingerprint density at radius 1 is 1.39 bits per heavy atom. The predicted molar refractivity (Wildman–Crippen MR) is 99.1 cm³/mol. The molecule has 2 unspecified atom stereocenters. The third-order valence-electron chi connectivity index (χ3n) is 4.58. The van der Waals surface area contributed by atoms with Gasteiger partial charge in [-0.1, -0.05) is 6.42 Å². The van der Waals surface area contributed by atoms with Gasteiger partial charge in [0.05, 0.1) is 5.01 Å². The van der Waals surface area contributed by atoms with Crippen LogP contribution in [0.15, 0.2) is 5.38 Å². The van der Waals surface area contributed by atoms with E-state index >= 15 is 0 Å². The lowest BCUT2D eigenvalue weighted by Crippen LogP contribution is -2.60. The van der Waals surface area contributed by atoms with Crippen LogP contribution in [-0.2, 0) is 6.42 Å². The maximum absolute atomic E-state index is 12.7.